The van der Waals surface area contributed by atoms with Crippen molar-refractivity contribution in [2.24, 2.45) is 0 Å². The highest BCUT2D eigenvalue weighted by atomic mass is 19.1. The second-order valence-electron chi connectivity index (χ2n) is 10.6. The molecule has 0 spiro atoms. The Labute approximate surface area is 239 Å². The van der Waals surface area contributed by atoms with Gasteiger partial charge in [0.1, 0.15) is 11.6 Å². The molecule has 0 radical (unpaired) electrons. The molecule has 0 atom stereocenters. The van der Waals surface area contributed by atoms with E-state index in [9.17, 15) is 4.79 Å². The number of carbonyl (C=O) groups excluding carboxylic acids is 1. The van der Waals surface area contributed by atoms with Crippen molar-refractivity contribution in [2.75, 3.05) is 39.3 Å². The first kappa shape index (κ1) is 29.7. The molecule has 0 aliphatic carbocycles. The molecule has 1 aliphatic rings. The lowest BCUT2D eigenvalue weighted by molar-refractivity contribution is 0.0962. The number of carbonyl (C=O) groups is 1. The van der Waals surface area contributed by atoms with Crippen LogP contribution in [0.15, 0.2) is 28.8 Å². The highest BCUT2D eigenvalue weighted by Gasteiger charge is 2.33. The molecular formula is C30H37FN4O6. The number of methoxy groups -OCH3 is 2. The standard InChI is InChI=1S/C30H37FN4O6/c1-8-39-23-12-18-15-35(29(32)25(18)26(31)28(23)40-9-2)16-22(36)17-10-20(30(3,4)5)27(38-7)21(11-17)33-14-19-13-24(37-6)34-41-19/h10-13,32-33H,8-9,14-16H2,1-7H3. The third-order valence-electron chi connectivity index (χ3n) is 6.73. The summed E-state index contributed by atoms with van der Waals surface area (Å²) in [6.45, 7) is 10.6. The van der Waals surface area contributed by atoms with E-state index in [1.165, 1.54) is 7.11 Å². The maximum absolute atomic E-state index is 15.5. The Kier molecular flexibility index (Phi) is 8.74. The van der Waals surface area contributed by atoms with Crippen LogP contribution in [0.2, 0.25) is 0 Å². The van der Waals surface area contributed by atoms with Gasteiger partial charge in [-0.3, -0.25) is 10.2 Å². The van der Waals surface area contributed by atoms with E-state index >= 15 is 4.39 Å². The molecule has 0 amide bonds. The Bertz CT molecular complexity index is 1450. The van der Waals surface area contributed by atoms with Crippen LogP contribution in [-0.2, 0) is 18.5 Å². The molecule has 1 aromatic heterocycles. The number of anilines is 1. The molecule has 0 bridgehead atoms. The molecule has 10 nitrogen and oxygen atoms in total. The first-order chi connectivity index (χ1) is 19.5. The third kappa shape index (κ3) is 6.08. The number of nitrogens with zero attached hydrogens (tertiary/aromatic N) is 2. The third-order valence-corrected chi connectivity index (χ3v) is 6.73. The van der Waals surface area contributed by atoms with Crippen LogP contribution in [-0.4, -0.2) is 55.7 Å². The summed E-state index contributed by atoms with van der Waals surface area (Å²) in [5.74, 6) is 0.834. The number of fused-ring (bicyclic) bond motifs is 1. The molecule has 3 aromatic rings. The van der Waals surface area contributed by atoms with E-state index in [4.69, 9.17) is 28.9 Å². The molecule has 0 unspecified atom stereocenters. The first-order valence-corrected chi connectivity index (χ1v) is 13.5. The monoisotopic (exact) mass is 568 g/mol. The number of nitrogens with one attached hydrogen (secondary N) is 2. The zero-order valence-corrected chi connectivity index (χ0v) is 24.6. The molecule has 0 fully saturated rings. The average molecular weight is 569 g/mol. The van der Waals surface area contributed by atoms with Crippen LogP contribution in [0.5, 0.6) is 23.1 Å². The maximum Gasteiger partial charge on any atom is 0.254 e. The lowest BCUT2D eigenvalue weighted by Gasteiger charge is -2.26. The number of ketones is 1. The van der Waals surface area contributed by atoms with Gasteiger partial charge in [0, 0.05) is 23.7 Å². The number of Topliss-reactive ketones (excluding diaryl/α,β-unsaturated/α-hetero) is 1. The summed E-state index contributed by atoms with van der Waals surface area (Å²) in [5.41, 5.74) is 2.21. The minimum Gasteiger partial charge on any atom is -0.494 e. The SMILES string of the molecule is CCOc1cc2c(c(F)c1OCC)C(=N)N(CC(=O)c1cc(NCc3cc(OC)no3)c(OC)c(C(C)(C)C)c1)C2. The number of amidine groups is 1. The summed E-state index contributed by atoms with van der Waals surface area (Å²) in [7, 11) is 3.09. The summed E-state index contributed by atoms with van der Waals surface area (Å²) in [4.78, 5) is 15.2. The summed E-state index contributed by atoms with van der Waals surface area (Å²) < 4.78 is 42.7. The van der Waals surface area contributed by atoms with Gasteiger partial charge in [-0.25, -0.2) is 4.39 Å². The maximum atomic E-state index is 15.5. The normalized spacial score (nSPS) is 12.8. The Morgan fingerprint density at radius 2 is 1.83 bits per heavy atom. The predicted octanol–water partition coefficient (Wildman–Crippen LogP) is 5.56. The molecule has 41 heavy (non-hydrogen) atoms. The molecular weight excluding hydrogens is 531 g/mol. The van der Waals surface area contributed by atoms with E-state index < -0.39 is 5.82 Å². The fourth-order valence-corrected chi connectivity index (χ4v) is 4.78. The summed E-state index contributed by atoms with van der Waals surface area (Å²) in [6.07, 6.45) is 0. The van der Waals surface area contributed by atoms with Crippen LogP contribution in [0, 0.1) is 11.2 Å². The fourth-order valence-electron chi connectivity index (χ4n) is 4.78. The summed E-state index contributed by atoms with van der Waals surface area (Å²) in [5, 5.41) is 15.8. The number of ether oxygens (including phenoxy) is 4. The van der Waals surface area contributed by atoms with Crippen LogP contribution < -0.4 is 24.3 Å². The van der Waals surface area contributed by atoms with Crippen molar-refractivity contribution in [1.29, 1.82) is 5.41 Å². The molecule has 11 heteroatoms. The van der Waals surface area contributed by atoms with Gasteiger partial charge in [0.15, 0.2) is 28.9 Å². The smallest absolute Gasteiger partial charge is 0.254 e. The van der Waals surface area contributed by atoms with E-state index in [0.29, 0.717) is 40.8 Å². The molecule has 2 aromatic carbocycles. The van der Waals surface area contributed by atoms with Gasteiger partial charge in [-0.2, -0.15) is 0 Å². The van der Waals surface area contributed by atoms with Gasteiger partial charge in [-0.15, -0.1) is 0 Å². The Hall–Kier alpha value is -4.28. The van der Waals surface area contributed by atoms with Crippen molar-refractivity contribution in [3.63, 3.8) is 0 Å². The fraction of sp³-hybridized carbons (Fsp3) is 0.433. The van der Waals surface area contributed by atoms with Gasteiger partial charge < -0.3 is 33.7 Å². The van der Waals surface area contributed by atoms with Gasteiger partial charge in [-0.05, 0) is 48.2 Å². The molecule has 4 rings (SSSR count). The van der Waals surface area contributed by atoms with Crippen molar-refractivity contribution in [3.8, 4) is 23.1 Å². The van der Waals surface area contributed by atoms with Gasteiger partial charge in [0.2, 0.25) is 0 Å². The van der Waals surface area contributed by atoms with E-state index in [1.54, 1.807) is 44.1 Å². The molecule has 0 saturated heterocycles. The second-order valence-corrected chi connectivity index (χ2v) is 10.6. The first-order valence-electron chi connectivity index (χ1n) is 13.5. The van der Waals surface area contributed by atoms with E-state index in [-0.39, 0.29) is 60.3 Å². The van der Waals surface area contributed by atoms with Gasteiger partial charge >= 0.3 is 0 Å². The van der Waals surface area contributed by atoms with E-state index in [0.717, 1.165) is 5.56 Å². The van der Waals surface area contributed by atoms with Crippen LogP contribution in [0.3, 0.4) is 0 Å². The number of halogens is 1. The Balaban J connectivity index is 1.63. The van der Waals surface area contributed by atoms with Crippen LogP contribution in [0.1, 0.15) is 67.4 Å². The molecule has 1 aliphatic heterocycles. The van der Waals surface area contributed by atoms with Crippen LogP contribution in [0.4, 0.5) is 10.1 Å². The number of rotatable bonds is 12. The second kappa shape index (κ2) is 12.1. The van der Waals surface area contributed by atoms with Crippen LogP contribution >= 0.6 is 0 Å². The molecule has 220 valence electrons. The molecule has 2 heterocycles. The lowest BCUT2D eigenvalue weighted by Crippen LogP contribution is -2.30. The van der Waals surface area contributed by atoms with Gasteiger partial charge in [-0.1, -0.05) is 20.8 Å². The minimum absolute atomic E-state index is 0.0175. The van der Waals surface area contributed by atoms with Crippen LogP contribution in [0.25, 0.3) is 0 Å². The number of aromatic nitrogens is 1. The van der Waals surface area contributed by atoms with Crippen molar-refractivity contribution >= 4 is 17.3 Å². The van der Waals surface area contributed by atoms with Crippen molar-refractivity contribution in [3.05, 3.63) is 58.1 Å². The van der Waals surface area contributed by atoms with E-state index in [2.05, 4.69) is 10.5 Å². The quantitative estimate of drug-likeness (QED) is 0.271. The Morgan fingerprint density at radius 1 is 1.10 bits per heavy atom. The highest BCUT2D eigenvalue weighted by Crippen LogP contribution is 2.40. The zero-order chi connectivity index (χ0) is 29.9. The molecule has 0 saturated carbocycles. The van der Waals surface area contributed by atoms with E-state index in [1.807, 2.05) is 26.8 Å². The van der Waals surface area contributed by atoms with Gasteiger partial charge in [0.05, 0.1) is 51.8 Å². The predicted molar refractivity (Wildman–Crippen MR) is 152 cm³/mol. The summed E-state index contributed by atoms with van der Waals surface area (Å²) in [6, 6.07) is 6.90. The number of hydrogen-bond acceptors (Lipinski definition) is 9. The average Bonchev–Trinajstić information content (AvgIpc) is 3.52. The zero-order valence-electron chi connectivity index (χ0n) is 24.6. The number of benzene rings is 2. The van der Waals surface area contributed by atoms with Crippen molar-refractivity contribution < 1.29 is 32.7 Å². The van der Waals surface area contributed by atoms with Crippen molar-refractivity contribution in [1.82, 2.24) is 10.1 Å². The highest BCUT2D eigenvalue weighted by molar-refractivity contribution is 6.06. The lowest BCUT2D eigenvalue weighted by atomic mass is 9.84. The topological polar surface area (TPSA) is 119 Å². The minimum atomic E-state index is -0.650. The van der Waals surface area contributed by atoms with Gasteiger partial charge in [0.25, 0.3) is 5.88 Å². The summed E-state index contributed by atoms with van der Waals surface area (Å²) >= 11 is 0. The largest absolute Gasteiger partial charge is 0.494 e. The Morgan fingerprint density at radius 3 is 2.44 bits per heavy atom. The molecule has 2 N–H and O–H groups in total. The van der Waals surface area contributed by atoms with Crippen molar-refractivity contribution in [2.45, 2.75) is 53.1 Å². The number of hydrogen-bond donors (Lipinski definition) is 2.